The van der Waals surface area contributed by atoms with Crippen LogP contribution in [0.2, 0.25) is 0 Å². The van der Waals surface area contributed by atoms with Gasteiger partial charge in [-0.3, -0.25) is 0 Å². The van der Waals surface area contributed by atoms with Gasteiger partial charge >= 0.3 is 0 Å². The van der Waals surface area contributed by atoms with Crippen molar-refractivity contribution in [2.45, 2.75) is 32.7 Å². The van der Waals surface area contributed by atoms with Crippen LogP contribution in [-0.2, 0) is 4.74 Å². The van der Waals surface area contributed by atoms with Gasteiger partial charge in [0.1, 0.15) is 0 Å². The molecule has 96 valence electrons. The van der Waals surface area contributed by atoms with Gasteiger partial charge in [-0.05, 0) is 66.6 Å². The Bertz CT molecular complexity index is 300. The highest BCUT2D eigenvalue weighted by molar-refractivity contribution is 14.1. The molecule has 0 saturated heterocycles. The van der Waals surface area contributed by atoms with E-state index in [9.17, 15) is 0 Å². The van der Waals surface area contributed by atoms with Crippen molar-refractivity contribution < 1.29 is 4.74 Å². The minimum Gasteiger partial charge on any atom is -0.381 e. The molecule has 0 fully saturated rings. The summed E-state index contributed by atoms with van der Waals surface area (Å²) >= 11 is 2.33. The van der Waals surface area contributed by atoms with Crippen LogP contribution in [0.5, 0.6) is 0 Å². The van der Waals surface area contributed by atoms with E-state index in [-0.39, 0.29) is 0 Å². The largest absolute Gasteiger partial charge is 0.381 e. The van der Waals surface area contributed by atoms with Crippen LogP contribution in [-0.4, -0.2) is 19.8 Å². The molecule has 0 spiro atoms. The van der Waals surface area contributed by atoms with E-state index in [0.29, 0.717) is 6.04 Å². The zero-order valence-electron chi connectivity index (χ0n) is 10.7. The lowest BCUT2D eigenvalue weighted by atomic mass is 10.1. The van der Waals surface area contributed by atoms with E-state index in [1.807, 2.05) is 0 Å². The van der Waals surface area contributed by atoms with Crippen molar-refractivity contribution >= 4 is 22.6 Å². The number of benzene rings is 1. The van der Waals surface area contributed by atoms with Gasteiger partial charge < -0.3 is 10.1 Å². The molecule has 1 N–H and O–H groups in total. The van der Waals surface area contributed by atoms with E-state index in [1.54, 1.807) is 0 Å². The second-order valence-corrected chi connectivity index (χ2v) is 5.44. The Morgan fingerprint density at radius 3 is 2.59 bits per heavy atom. The van der Waals surface area contributed by atoms with Crippen LogP contribution in [0.25, 0.3) is 0 Å². The number of rotatable bonds is 8. The minimum absolute atomic E-state index is 0.415. The van der Waals surface area contributed by atoms with E-state index in [0.717, 1.165) is 32.6 Å². The Morgan fingerprint density at radius 1 is 1.24 bits per heavy atom. The molecule has 0 aromatic heterocycles. The summed E-state index contributed by atoms with van der Waals surface area (Å²) in [5, 5.41) is 3.51. The van der Waals surface area contributed by atoms with Crippen LogP contribution in [0.15, 0.2) is 24.3 Å². The van der Waals surface area contributed by atoms with Crippen LogP contribution in [0.1, 0.15) is 38.3 Å². The van der Waals surface area contributed by atoms with Crippen molar-refractivity contribution in [1.82, 2.24) is 5.32 Å². The van der Waals surface area contributed by atoms with E-state index >= 15 is 0 Å². The molecule has 0 aliphatic carbocycles. The van der Waals surface area contributed by atoms with E-state index in [4.69, 9.17) is 4.74 Å². The molecule has 3 heteroatoms. The van der Waals surface area contributed by atoms with E-state index in [2.05, 4.69) is 66.0 Å². The molecule has 0 heterocycles. The summed E-state index contributed by atoms with van der Waals surface area (Å²) in [4.78, 5) is 0. The summed E-state index contributed by atoms with van der Waals surface area (Å²) in [6.45, 7) is 7.09. The van der Waals surface area contributed by atoms with Crippen LogP contribution < -0.4 is 5.32 Å². The number of halogens is 1. The number of hydrogen-bond donors (Lipinski definition) is 1. The second kappa shape index (κ2) is 8.89. The molecule has 0 saturated carbocycles. The van der Waals surface area contributed by atoms with Gasteiger partial charge in [0, 0.05) is 22.8 Å². The maximum atomic E-state index is 5.45. The van der Waals surface area contributed by atoms with Gasteiger partial charge in [0.25, 0.3) is 0 Å². The third-order valence-corrected chi connectivity index (χ3v) is 3.35. The maximum Gasteiger partial charge on any atom is 0.0478 e. The van der Waals surface area contributed by atoms with Gasteiger partial charge in [0.15, 0.2) is 0 Å². The second-order valence-electron chi connectivity index (χ2n) is 4.19. The number of nitrogens with one attached hydrogen (secondary N) is 1. The Morgan fingerprint density at radius 2 is 1.94 bits per heavy atom. The summed E-state index contributed by atoms with van der Waals surface area (Å²) in [6.07, 6.45) is 2.18. The molecular formula is C14H22INO. The molecule has 1 rings (SSSR count). The Balaban J connectivity index is 2.16. The normalized spacial score (nSPS) is 12.6. The van der Waals surface area contributed by atoms with Gasteiger partial charge in [-0.2, -0.15) is 0 Å². The maximum absolute atomic E-state index is 5.45. The van der Waals surface area contributed by atoms with Gasteiger partial charge in [0.2, 0.25) is 0 Å². The monoisotopic (exact) mass is 347 g/mol. The van der Waals surface area contributed by atoms with Crippen molar-refractivity contribution in [3.05, 3.63) is 33.4 Å². The molecule has 17 heavy (non-hydrogen) atoms. The number of hydrogen-bond acceptors (Lipinski definition) is 2. The highest BCUT2D eigenvalue weighted by Gasteiger charge is 2.03. The molecule has 0 radical (unpaired) electrons. The predicted molar refractivity (Wildman–Crippen MR) is 81.3 cm³/mol. The smallest absolute Gasteiger partial charge is 0.0478 e. The summed E-state index contributed by atoms with van der Waals surface area (Å²) in [5.74, 6) is 0. The lowest BCUT2D eigenvalue weighted by molar-refractivity contribution is 0.132. The first-order valence-electron chi connectivity index (χ1n) is 6.30. The number of ether oxygens (including phenoxy) is 1. The van der Waals surface area contributed by atoms with Crippen LogP contribution in [0, 0.1) is 3.57 Å². The molecule has 0 aliphatic rings. The molecule has 0 aliphatic heterocycles. The highest BCUT2D eigenvalue weighted by atomic mass is 127. The van der Waals surface area contributed by atoms with Crippen molar-refractivity contribution in [2.75, 3.05) is 19.8 Å². The first-order valence-corrected chi connectivity index (χ1v) is 7.38. The van der Waals surface area contributed by atoms with Gasteiger partial charge in [-0.15, -0.1) is 0 Å². The fourth-order valence-electron chi connectivity index (χ4n) is 1.61. The Kier molecular flexibility index (Phi) is 7.81. The average molecular weight is 347 g/mol. The van der Waals surface area contributed by atoms with Gasteiger partial charge in [-0.1, -0.05) is 19.1 Å². The fraction of sp³-hybridized carbons (Fsp3) is 0.571. The van der Waals surface area contributed by atoms with E-state index in [1.165, 1.54) is 9.13 Å². The topological polar surface area (TPSA) is 21.3 Å². The fourth-order valence-corrected chi connectivity index (χ4v) is 1.97. The zero-order valence-corrected chi connectivity index (χ0v) is 12.9. The Labute approximate surface area is 118 Å². The predicted octanol–water partition coefficient (Wildman–Crippen LogP) is 3.76. The summed E-state index contributed by atoms with van der Waals surface area (Å²) < 4.78 is 6.73. The zero-order chi connectivity index (χ0) is 12.5. The molecule has 0 bridgehead atoms. The SMILES string of the molecule is CCCOCCCNC(C)c1ccc(I)cc1. The highest BCUT2D eigenvalue weighted by Crippen LogP contribution is 2.14. The quantitative estimate of drug-likeness (QED) is 0.571. The van der Waals surface area contributed by atoms with Crippen molar-refractivity contribution in [3.63, 3.8) is 0 Å². The van der Waals surface area contributed by atoms with Crippen LogP contribution in [0.3, 0.4) is 0 Å². The third kappa shape index (κ3) is 6.38. The molecule has 2 nitrogen and oxygen atoms in total. The lowest BCUT2D eigenvalue weighted by Gasteiger charge is -2.14. The standard InChI is InChI=1S/C14H22INO/c1-3-10-17-11-4-9-16-12(2)13-5-7-14(15)8-6-13/h5-8,12,16H,3-4,9-11H2,1-2H3. The first kappa shape index (κ1) is 14.9. The van der Waals surface area contributed by atoms with Gasteiger partial charge in [0.05, 0.1) is 0 Å². The van der Waals surface area contributed by atoms with Crippen molar-refractivity contribution in [3.8, 4) is 0 Å². The molecule has 1 unspecified atom stereocenters. The molecule has 1 aromatic rings. The van der Waals surface area contributed by atoms with Crippen molar-refractivity contribution in [1.29, 1.82) is 0 Å². The van der Waals surface area contributed by atoms with Crippen LogP contribution in [0.4, 0.5) is 0 Å². The molecule has 0 amide bonds. The molecule has 1 aromatic carbocycles. The lowest BCUT2D eigenvalue weighted by Crippen LogP contribution is -2.21. The molecule has 1 atom stereocenters. The van der Waals surface area contributed by atoms with Gasteiger partial charge in [-0.25, -0.2) is 0 Å². The van der Waals surface area contributed by atoms with Crippen LogP contribution >= 0.6 is 22.6 Å². The average Bonchev–Trinajstić information content (AvgIpc) is 2.34. The summed E-state index contributed by atoms with van der Waals surface area (Å²) in [5.41, 5.74) is 1.35. The first-order chi connectivity index (χ1) is 8.24. The molecular weight excluding hydrogens is 325 g/mol. The summed E-state index contributed by atoms with van der Waals surface area (Å²) in [6, 6.07) is 9.09. The Hall–Kier alpha value is -0.130. The minimum atomic E-state index is 0.415. The van der Waals surface area contributed by atoms with E-state index < -0.39 is 0 Å². The third-order valence-electron chi connectivity index (χ3n) is 2.63. The summed E-state index contributed by atoms with van der Waals surface area (Å²) in [7, 11) is 0. The van der Waals surface area contributed by atoms with Crippen molar-refractivity contribution in [2.24, 2.45) is 0 Å².